The van der Waals surface area contributed by atoms with Crippen molar-refractivity contribution < 1.29 is 4.79 Å². The van der Waals surface area contributed by atoms with Crippen LogP contribution in [0, 0.1) is 0 Å². The van der Waals surface area contributed by atoms with Crippen molar-refractivity contribution in [1.82, 2.24) is 5.32 Å². The molecule has 1 unspecified atom stereocenters. The SMILES string of the molecule is NC1=NC2(N=C(Nc3ccccc3)N1)C(=O)Nc1ccc(Br)cc12. The smallest absolute Gasteiger partial charge is 0.280 e. The maximum absolute atomic E-state index is 12.6. The number of halogens is 1. The van der Waals surface area contributed by atoms with E-state index in [0.717, 1.165) is 10.2 Å². The number of carbonyl (C=O) groups is 1. The molecule has 0 aromatic heterocycles. The Morgan fingerprint density at radius 1 is 1.08 bits per heavy atom. The number of nitrogens with two attached hydrogens (primary N) is 1. The standard InChI is InChI=1S/C16H13BrN6O/c17-9-6-7-12-11(8-9)16(13(24)20-12)22-14(18)21-15(23-16)19-10-4-2-1-3-5-10/h1-8H,(H,20,24)(H4,18,19,21,22,23). The number of amides is 1. The molecule has 2 aromatic carbocycles. The van der Waals surface area contributed by atoms with Gasteiger partial charge in [0.25, 0.3) is 11.6 Å². The van der Waals surface area contributed by atoms with Crippen molar-refractivity contribution >= 4 is 45.1 Å². The predicted octanol–water partition coefficient (Wildman–Crippen LogP) is 1.94. The molecule has 1 amide bonds. The molecule has 5 N–H and O–H groups in total. The van der Waals surface area contributed by atoms with E-state index in [1.807, 2.05) is 42.5 Å². The van der Waals surface area contributed by atoms with Crippen LogP contribution in [-0.4, -0.2) is 17.8 Å². The summed E-state index contributed by atoms with van der Waals surface area (Å²) in [6.45, 7) is 0. The van der Waals surface area contributed by atoms with Crippen LogP contribution in [0.2, 0.25) is 0 Å². The molecule has 0 bridgehead atoms. The zero-order chi connectivity index (χ0) is 16.7. The molecule has 0 saturated heterocycles. The third-order valence-corrected chi connectivity index (χ3v) is 4.25. The highest BCUT2D eigenvalue weighted by Crippen LogP contribution is 2.42. The number of hydrogen-bond donors (Lipinski definition) is 4. The average molecular weight is 385 g/mol. The summed E-state index contributed by atoms with van der Waals surface area (Å²) in [6, 6.07) is 15.0. The first kappa shape index (κ1) is 14.7. The zero-order valence-corrected chi connectivity index (χ0v) is 14.0. The van der Waals surface area contributed by atoms with Crippen molar-refractivity contribution in [3.05, 3.63) is 58.6 Å². The van der Waals surface area contributed by atoms with Crippen LogP contribution in [-0.2, 0) is 10.5 Å². The third-order valence-electron chi connectivity index (χ3n) is 3.76. The Morgan fingerprint density at radius 2 is 1.88 bits per heavy atom. The summed E-state index contributed by atoms with van der Waals surface area (Å²) in [7, 11) is 0. The van der Waals surface area contributed by atoms with E-state index in [0.29, 0.717) is 17.2 Å². The van der Waals surface area contributed by atoms with Gasteiger partial charge in [0.05, 0.1) is 0 Å². The number of rotatable bonds is 1. The van der Waals surface area contributed by atoms with Gasteiger partial charge in [-0.2, -0.15) is 0 Å². The normalized spacial score (nSPS) is 21.5. The van der Waals surface area contributed by atoms with Crippen LogP contribution in [0.1, 0.15) is 5.56 Å². The molecule has 2 aliphatic heterocycles. The van der Waals surface area contributed by atoms with Crippen LogP contribution in [0.3, 0.4) is 0 Å². The van der Waals surface area contributed by atoms with Crippen LogP contribution < -0.4 is 21.7 Å². The lowest BCUT2D eigenvalue weighted by Gasteiger charge is -2.26. The molecule has 1 atom stereocenters. The fourth-order valence-corrected chi connectivity index (χ4v) is 3.08. The Balaban J connectivity index is 1.80. The molecule has 120 valence electrons. The second-order valence-electron chi connectivity index (χ2n) is 5.39. The van der Waals surface area contributed by atoms with Gasteiger partial charge < -0.3 is 16.4 Å². The molecule has 0 aliphatic carbocycles. The Hall–Kier alpha value is -2.87. The summed E-state index contributed by atoms with van der Waals surface area (Å²) < 4.78 is 0.831. The van der Waals surface area contributed by atoms with Crippen LogP contribution in [0.25, 0.3) is 0 Å². The van der Waals surface area contributed by atoms with E-state index in [2.05, 4.69) is 41.9 Å². The number of aliphatic imine (C=N–C) groups is 2. The lowest BCUT2D eigenvalue weighted by atomic mass is 10.0. The van der Waals surface area contributed by atoms with Gasteiger partial charge in [-0.1, -0.05) is 34.1 Å². The molecule has 24 heavy (non-hydrogen) atoms. The Morgan fingerprint density at radius 3 is 2.67 bits per heavy atom. The van der Waals surface area contributed by atoms with Crippen molar-refractivity contribution in [2.45, 2.75) is 5.66 Å². The van der Waals surface area contributed by atoms with E-state index < -0.39 is 5.66 Å². The number of nitrogens with zero attached hydrogens (tertiary/aromatic N) is 2. The van der Waals surface area contributed by atoms with E-state index in [4.69, 9.17) is 5.73 Å². The average Bonchev–Trinajstić information content (AvgIpc) is 2.80. The van der Waals surface area contributed by atoms with Crippen molar-refractivity contribution in [1.29, 1.82) is 0 Å². The second-order valence-corrected chi connectivity index (χ2v) is 6.31. The minimum Gasteiger partial charge on any atom is -0.370 e. The van der Waals surface area contributed by atoms with Crippen LogP contribution >= 0.6 is 15.9 Å². The van der Waals surface area contributed by atoms with Crippen molar-refractivity contribution in [2.24, 2.45) is 15.7 Å². The van der Waals surface area contributed by atoms with Crippen molar-refractivity contribution in [2.75, 3.05) is 10.6 Å². The fourth-order valence-electron chi connectivity index (χ4n) is 2.72. The molecule has 2 aliphatic rings. The minimum absolute atomic E-state index is 0.117. The van der Waals surface area contributed by atoms with Crippen LogP contribution in [0.15, 0.2) is 63.0 Å². The summed E-state index contributed by atoms with van der Waals surface area (Å²) in [5.74, 6) is 0.135. The first-order chi connectivity index (χ1) is 11.6. The number of anilines is 2. The maximum atomic E-state index is 12.6. The van der Waals surface area contributed by atoms with Crippen molar-refractivity contribution in [3.8, 4) is 0 Å². The molecular formula is C16H13BrN6O. The largest absolute Gasteiger partial charge is 0.370 e. The van der Waals surface area contributed by atoms with Crippen LogP contribution in [0.5, 0.6) is 0 Å². The van der Waals surface area contributed by atoms with E-state index in [-0.39, 0.29) is 11.9 Å². The molecule has 0 saturated carbocycles. The molecule has 8 heteroatoms. The molecule has 7 nitrogen and oxygen atoms in total. The highest BCUT2D eigenvalue weighted by atomic mass is 79.9. The minimum atomic E-state index is -1.43. The van der Waals surface area contributed by atoms with Gasteiger partial charge in [-0.25, -0.2) is 9.98 Å². The topological polar surface area (TPSA) is 104 Å². The van der Waals surface area contributed by atoms with Gasteiger partial charge in [-0.3, -0.25) is 10.1 Å². The lowest BCUT2D eigenvalue weighted by molar-refractivity contribution is -0.120. The molecule has 0 fully saturated rings. The maximum Gasteiger partial charge on any atom is 0.280 e. The number of hydrogen-bond acceptors (Lipinski definition) is 6. The summed E-state index contributed by atoms with van der Waals surface area (Å²) in [5.41, 5.74) is 6.64. The van der Waals surface area contributed by atoms with E-state index >= 15 is 0 Å². The summed E-state index contributed by atoms with van der Waals surface area (Å²) in [4.78, 5) is 21.4. The van der Waals surface area contributed by atoms with Gasteiger partial charge in [0.15, 0.2) is 5.96 Å². The van der Waals surface area contributed by atoms with E-state index in [1.165, 1.54) is 0 Å². The first-order valence-electron chi connectivity index (χ1n) is 7.22. The number of benzene rings is 2. The summed E-state index contributed by atoms with van der Waals surface area (Å²) >= 11 is 3.42. The number of fused-ring (bicyclic) bond motifs is 2. The van der Waals surface area contributed by atoms with Gasteiger partial charge in [0.2, 0.25) is 5.96 Å². The highest BCUT2D eigenvalue weighted by molar-refractivity contribution is 9.10. The monoisotopic (exact) mass is 384 g/mol. The molecule has 4 rings (SSSR count). The van der Waals surface area contributed by atoms with Gasteiger partial charge in [-0.15, -0.1) is 0 Å². The highest BCUT2D eigenvalue weighted by Gasteiger charge is 2.49. The zero-order valence-electron chi connectivity index (χ0n) is 12.4. The van der Waals surface area contributed by atoms with Crippen LogP contribution in [0.4, 0.5) is 11.4 Å². The lowest BCUT2D eigenvalue weighted by Crippen LogP contribution is -2.49. The molecule has 2 aromatic rings. The van der Waals surface area contributed by atoms with Gasteiger partial charge in [-0.05, 0) is 30.3 Å². The molecule has 1 spiro atoms. The molecular weight excluding hydrogens is 372 g/mol. The Labute approximate surface area is 146 Å². The third kappa shape index (κ3) is 2.31. The van der Waals surface area contributed by atoms with E-state index in [9.17, 15) is 4.79 Å². The summed E-state index contributed by atoms with van der Waals surface area (Å²) in [6.07, 6.45) is 0. The predicted molar refractivity (Wildman–Crippen MR) is 96.7 cm³/mol. The number of carbonyl (C=O) groups excluding carboxylic acids is 1. The van der Waals surface area contributed by atoms with Gasteiger partial charge in [0.1, 0.15) is 0 Å². The molecule has 0 radical (unpaired) electrons. The Kier molecular flexibility index (Phi) is 3.27. The second kappa shape index (κ2) is 5.34. The Bertz CT molecular complexity index is 895. The summed E-state index contributed by atoms with van der Waals surface area (Å²) in [5, 5.41) is 8.78. The first-order valence-corrected chi connectivity index (χ1v) is 8.02. The number of guanidine groups is 2. The number of nitrogens with one attached hydrogen (secondary N) is 3. The van der Waals surface area contributed by atoms with Crippen molar-refractivity contribution in [3.63, 3.8) is 0 Å². The fraction of sp³-hybridized carbons (Fsp3) is 0.0625. The van der Waals surface area contributed by atoms with E-state index in [1.54, 1.807) is 6.07 Å². The van der Waals surface area contributed by atoms with Gasteiger partial charge >= 0.3 is 0 Å². The quantitative estimate of drug-likeness (QED) is 0.602. The number of para-hydroxylation sites is 1. The van der Waals surface area contributed by atoms with Gasteiger partial charge in [0, 0.05) is 21.4 Å². The molecule has 2 heterocycles.